The van der Waals surface area contributed by atoms with Gasteiger partial charge in [0.25, 0.3) is 0 Å². The van der Waals surface area contributed by atoms with E-state index in [-0.39, 0.29) is 29.2 Å². The topological polar surface area (TPSA) is 25.8 Å². The molecule has 0 saturated carbocycles. The van der Waals surface area contributed by atoms with Crippen molar-refractivity contribution in [1.82, 2.24) is 4.57 Å². The van der Waals surface area contributed by atoms with E-state index in [1.54, 1.807) is 5.19 Å². The number of para-hydroxylation sites is 3. The Bertz CT molecular complexity index is 3430. The van der Waals surface area contributed by atoms with Crippen molar-refractivity contribution in [3.63, 3.8) is 0 Å². The summed E-state index contributed by atoms with van der Waals surface area (Å²) in [6, 6.07) is 50.3. The van der Waals surface area contributed by atoms with E-state index >= 15 is 0 Å². The molecule has 0 saturated heterocycles. The number of rotatable bonds is 6. The van der Waals surface area contributed by atoms with Gasteiger partial charge >= 0.3 is 5.82 Å². The van der Waals surface area contributed by atoms with Gasteiger partial charge in [-0.2, -0.15) is 13.7 Å². The standard InChI is InChI=1S/C63H67N3OSi/c1-39(2)51-34-44(42-21-13-12-14-22-42)35-52(40(3)4)60(51)66-54-27-19-18-26-53(54)65-41(5)33-55-48(31-29-43-30-32-50-49-25-17-20-28-57(49)67-61(50)59(43)62(65)66)46-23-15-16-24-47(46)56-36-45(37-63(6,7)8)58(38-64(55)56)68(9,10)11/h12-28,30,32,34-36,38-40,48,55H,5,29,31,33,37H2,1-4,6-11H3/q+2. The molecule has 0 amide bonds. The molecular formula is C63H67N3OSi+2. The second-order valence-corrected chi connectivity index (χ2v) is 27.8. The first-order valence-corrected chi connectivity index (χ1v) is 28.7. The molecule has 342 valence electrons. The van der Waals surface area contributed by atoms with E-state index in [9.17, 15) is 0 Å². The van der Waals surface area contributed by atoms with E-state index in [1.165, 1.54) is 61.4 Å². The first kappa shape index (κ1) is 44.2. The molecule has 4 nitrogen and oxygen atoms in total. The summed E-state index contributed by atoms with van der Waals surface area (Å²) in [5, 5.41) is 3.86. The van der Waals surface area contributed by atoms with Gasteiger partial charge in [0.2, 0.25) is 5.69 Å². The van der Waals surface area contributed by atoms with Crippen LogP contribution in [-0.2, 0) is 12.8 Å². The van der Waals surface area contributed by atoms with E-state index in [4.69, 9.17) is 11.0 Å². The SMILES string of the molecule is C=C1CC2C(CCc3ccc4c(oc5ccccc54)c3-c3n(-c4c(C(C)C)cc(-c5ccccc5)cc4C(C)C)c4ccccc4[n+]31)c1ccccc1-c1cc(CC(C)(C)C)c([Si](C)(C)C)c[n+]12. The molecule has 2 aliphatic heterocycles. The Morgan fingerprint density at radius 3 is 2.15 bits per heavy atom. The summed E-state index contributed by atoms with van der Waals surface area (Å²) in [5.41, 5.74) is 20.0. The van der Waals surface area contributed by atoms with Crippen LogP contribution < -0.4 is 14.3 Å². The largest absolute Gasteiger partial charge is 0.455 e. The summed E-state index contributed by atoms with van der Waals surface area (Å²) >= 11 is 0. The first-order valence-electron chi connectivity index (χ1n) is 25.2. The fraction of sp³-hybridized carbons (Fsp3) is 0.302. The lowest BCUT2D eigenvalue weighted by atomic mass is 9.77. The number of pyridine rings is 1. The number of furan rings is 1. The van der Waals surface area contributed by atoms with Crippen LogP contribution in [0.3, 0.4) is 0 Å². The summed E-state index contributed by atoms with van der Waals surface area (Å²) in [4.78, 5) is 0. The molecule has 5 heteroatoms. The number of benzene rings is 6. The third kappa shape index (κ3) is 7.31. The first-order chi connectivity index (χ1) is 32.6. The number of hydrogen-bond donors (Lipinski definition) is 0. The third-order valence-corrected chi connectivity index (χ3v) is 17.1. The molecule has 2 aliphatic rings. The van der Waals surface area contributed by atoms with Gasteiger partial charge in [-0.1, -0.05) is 166 Å². The van der Waals surface area contributed by atoms with Crippen molar-refractivity contribution in [2.24, 2.45) is 5.41 Å². The van der Waals surface area contributed by atoms with Gasteiger partial charge in [0.1, 0.15) is 22.5 Å². The highest BCUT2D eigenvalue weighted by atomic mass is 28.3. The van der Waals surface area contributed by atoms with Crippen LogP contribution >= 0.6 is 0 Å². The van der Waals surface area contributed by atoms with Crippen LogP contribution in [0.2, 0.25) is 19.6 Å². The maximum absolute atomic E-state index is 7.17. The molecule has 0 radical (unpaired) electrons. The van der Waals surface area contributed by atoms with Gasteiger partial charge in [0.15, 0.2) is 28.9 Å². The highest BCUT2D eigenvalue weighted by molar-refractivity contribution is 6.89. The minimum atomic E-state index is -1.78. The minimum Gasteiger partial charge on any atom is -0.455 e. The third-order valence-electron chi connectivity index (χ3n) is 15.1. The molecule has 6 aromatic carbocycles. The van der Waals surface area contributed by atoms with Gasteiger partial charge in [-0.05, 0) is 101 Å². The van der Waals surface area contributed by atoms with Crippen LogP contribution in [0.15, 0.2) is 151 Å². The molecule has 3 aromatic heterocycles. The summed E-state index contributed by atoms with van der Waals surface area (Å²) in [6.45, 7) is 29.4. The van der Waals surface area contributed by atoms with Crippen molar-refractivity contribution in [2.75, 3.05) is 0 Å². The lowest BCUT2D eigenvalue weighted by molar-refractivity contribution is -0.719. The Morgan fingerprint density at radius 1 is 0.750 bits per heavy atom. The number of nitrogens with zero attached hydrogens (tertiary/aromatic N) is 3. The van der Waals surface area contributed by atoms with Gasteiger partial charge in [-0.25, -0.2) is 0 Å². The monoisotopic (exact) mass is 910 g/mol. The highest BCUT2D eigenvalue weighted by Gasteiger charge is 2.45. The smallest absolute Gasteiger partial charge is 0.304 e. The van der Waals surface area contributed by atoms with Crippen LogP contribution in [-0.4, -0.2) is 12.6 Å². The average Bonchev–Trinajstić information content (AvgIpc) is 3.86. The number of hydrogen-bond acceptors (Lipinski definition) is 1. The predicted octanol–water partition coefficient (Wildman–Crippen LogP) is 15.6. The van der Waals surface area contributed by atoms with Crippen LogP contribution in [0.5, 0.6) is 0 Å². The molecule has 0 spiro atoms. The summed E-state index contributed by atoms with van der Waals surface area (Å²) in [5.74, 6) is 1.88. The Kier molecular flexibility index (Phi) is 10.7. The molecule has 0 aliphatic carbocycles. The minimum absolute atomic E-state index is 0.160. The fourth-order valence-corrected chi connectivity index (χ4v) is 13.7. The zero-order valence-corrected chi connectivity index (χ0v) is 42.9. The molecule has 2 unspecified atom stereocenters. The molecule has 9 aromatic rings. The van der Waals surface area contributed by atoms with Gasteiger partial charge in [-0.3, -0.25) is 0 Å². The Morgan fingerprint density at radius 2 is 1.43 bits per heavy atom. The Hall–Kier alpha value is -6.30. The quantitative estimate of drug-likeness (QED) is 0.121. The van der Waals surface area contributed by atoms with Crippen LogP contribution in [0.25, 0.3) is 78.1 Å². The van der Waals surface area contributed by atoms with Crippen LogP contribution in [0, 0.1) is 5.41 Å². The zero-order chi connectivity index (χ0) is 47.4. The number of imidazole rings is 1. The molecule has 0 bridgehead atoms. The number of aryl methyl sites for hydroxylation is 1. The summed E-state index contributed by atoms with van der Waals surface area (Å²) in [6.07, 6.45) is 6.35. The number of allylic oxidation sites excluding steroid dienone is 1. The second kappa shape index (κ2) is 16.4. The normalized spacial score (nSPS) is 16.3. The maximum atomic E-state index is 7.17. The van der Waals surface area contributed by atoms with Crippen molar-refractivity contribution in [1.29, 1.82) is 0 Å². The van der Waals surface area contributed by atoms with Crippen molar-refractivity contribution >= 4 is 51.9 Å². The number of fused-ring (bicyclic) bond motifs is 15. The summed E-state index contributed by atoms with van der Waals surface area (Å²) in [7, 11) is -1.78. The Labute approximate surface area is 404 Å². The Balaban J connectivity index is 1.25. The predicted molar refractivity (Wildman–Crippen MR) is 288 cm³/mol. The molecule has 5 heterocycles. The van der Waals surface area contributed by atoms with Crippen molar-refractivity contribution < 1.29 is 13.6 Å². The van der Waals surface area contributed by atoms with Crippen LogP contribution in [0.1, 0.15) is 113 Å². The molecule has 2 atom stereocenters. The van der Waals surface area contributed by atoms with E-state index in [0.29, 0.717) is 0 Å². The summed E-state index contributed by atoms with van der Waals surface area (Å²) < 4.78 is 15.1. The lowest BCUT2D eigenvalue weighted by Crippen LogP contribution is -2.54. The van der Waals surface area contributed by atoms with Crippen molar-refractivity contribution in [3.8, 4) is 39.5 Å². The van der Waals surface area contributed by atoms with Gasteiger partial charge in [0.05, 0.1) is 14.5 Å². The van der Waals surface area contributed by atoms with Gasteiger partial charge in [-0.15, -0.1) is 0 Å². The van der Waals surface area contributed by atoms with Gasteiger partial charge in [0, 0.05) is 44.6 Å². The molecular weight excluding hydrogens is 843 g/mol. The van der Waals surface area contributed by atoms with E-state index in [0.717, 1.165) is 70.2 Å². The molecule has 0 fully saturated rings. The van der Waals surface area contributed by atoms with E-state index in [1.807, 2.05) is 0 Å². The second-order valence-electron chi connectivity index (χ2n) is 22.8. The van der Waals surface area contributed by atoms with E-state index in [2.05, 4.69) is 221 Å². The number of aromatic nitrogens is 3. The van der Waals surface area contributed by atoms with Gasteiger partial charge < -0.3 is 4.42 Å². The molecule has 68 heavy (non-hydrogen) atoms. The van der Waals surface area contributed by atoms with Crippen molar-refractivity contribution in [2.45, 2.75) is 118 Å². The molecule has 11 rings (SSSR count). The average molecular weight is 910 g/mol. The zero-order valence-electron chi connectivity index (χ0n) is 41.9. The highest BCUT2D eigenvalue weighted by Crippen LogP contribution is 2.48. The fourth-order valence-electron chi connectivity index (χ4n) is 12.0. The van der Waals surface area contributed by atoms with Crippen molar-refractivity contribution in [3.05, 3.63) is 174 Å². The molecule has 0 N–H and O–H groups in total. The lowest BCUT2D eigenvalue weighted by Gasteiger charge is -2.34. The van der Waals surface area contributed by atoms with Crippen LogP contribution in [0.4, 0.5) is 0 Å². The van der Waals surface area contributed by atoms with E-state index < -0.39 is 8.07 Å². The maximum Gasteiger partial charge on any atom is 0.304 e.